The first-order chi connectivity index (χ1) is 10.9. The highest BCUT2D eigenvalue weighted by atomic mass is 32.2. The molecule has 0 saturated carbocycles. The minimum atomic E-state index is -3.50. The monoisotopic (exact) mass is 339 g/mol. The van der Waals surface area contributed by atoms with E-state index in [4.69, 9.17) is 5.73 Å². The van der Waals surface area contributed by atoms with Crippen LogP contribution >= 0.6 is 0 Å². The Morgan fingerprint density at radius 3 is 2.35 bits per heavy atom. The highest BCUT2D eigenvalue weighted by Gasteiger charge is 2.31. The van der Waals surface area contributed by atoms with Crippen LogP contribution in [0.4, 0.5) is 0 Å². The molecule has 128 valence electrons. The van der Waals surface area contributed by atoms with Crippen LogP contribution in [0.3, 0.4) is 0 Å². The fourth-order valence-corrected chi connectivity index (χ4v) is 4.35. The van der Waals surface area contributed by atoms with Crippen molar-refractivity contribution >= 4 is 15.9 Å². The number of benzene rings is 1. The standard InChI is InChI=1S/C16H25N3O3S/c1-3-18(4-2)16(20)14-5-7-15(8-6-14)23(21,22)19-10-9-13(11-17)12-19/h5-8,13H,3-4,9-12,17H2,1-2H3. The number of carbonyl (C=O) groups is 1. The van der Waals surface area contributed by atoms with Crippen LogP contribution in [0, 0.1) is 5.92 Å². The second kappa shape index (κ2) is 7.42. The molecular formula is C16H25N3O3S. The van der Waals surface area contributed by atoms with E-state index in [1.165, 1.54) is 16.4 Å². The van der Waals surface area contributed by atoms with Crippen molar-refractivity contribution in [3.63, 3.8) is 0 Å². The third-order valence-electron chi connectivity index (χ3n) is 4.37. The lowest BCUT2D eigenvalue weighted by atomic mass is 10.1. The molecule has 1 fully saturated rings. The van der Waals surface area contributed by atoms with Crippen molar-refractivity contribution in [2.24, 2.45) is 11.7 Å². The number of rotatable bonds is 6. The Bertz CT molecular complexity index is 639. The molecule has 2 N–H and O–H groups in total. The molecule has 2 rings (SSSR count). The van der Waals surface area contributed by atoms with Crippen LogP contribution in [0.1, 0.15) is 30.6 Å². The minimum Gasteiger partial charge on any atom is -0.339 e. The molecular weight excluding hydrogens is 314 g/mol. The number of hydrogen-bond acceptors (Lipinski definition) is 4. The van der Waals surface area contributed by atoms with Crippen LogP contribution in [-0.4, -0.2) is 56.3 Å². The van der Waals surface area contributed by atoms with Crippen LogP contribution in [0.5, 0.6) is 0 Å². The van der Waals surface area contributed by atoms with E-state index in [0.717, 1.165) is 6.42 Å². The summed E-state index contributed by atoms with van der Waals surface area (Å²) in [5.41, 5.74) is 6.13. The third-order valence-corrected chi connectivity index (χ3v) is 6.25. The highest BCUT2D eigenvalue weighted by molar-refractivity contribution is 7.89. The van der Waals surface area contributed by atoms with Crippen LogP contribution in [-0.2, 0) is 10.0 Å². The number of nitrogens with zero attached hydrogens (tertiary/aromatic N) is 2. The van der Waals surface area contributed by atoms with E-state index in [2.05, 4.69) is 0 Å². The van der Waals surface area contributed by atoms with Gasteiger partial charge in [-0.25, -0.2) is 8.42 Å². The first-order valence-corrected chi connectivity index (χ1v) is 9.47. The SMILES string of the molecule is CCN(CC)C(=O)c1ccc(S(=O)(=O)N2CCC(CN)C2)cc1. The summed E-state index contributed by atoms with van der Waals surface area (Å²) in [7, 11) is -3.50. The van der Waals surface area contributed by atoms with Gasteiger partial charge in [-0.3, -0.25) is 4.79 Å². The number of nitrogens with two attached hydrogens (primary N) is 1. The lowest BCUT2D eigenvalue weighted by molar-refractivity contribution is 0.0773. The molecule has 1 aliphatic heterocycles. The summed E-state index contributed by atoms with van der Waals surface area (Å²) in [4.78, 5) is 14.2. The molecule has 0 spiro atoms. The zero-order chi connectivity index (χ0) is 17.0. The zero-order valence-corrected chi connectivity index (χ0v) is 14.6. The average Bonchev–Trinajstić information content (AvgIpc) is 3.06. The summed E-state index contributed by atoms with van der Waals surface area (Å²) < 4.78 is 26.7. The number of amides is 1. The van der Waals surface area contributed by atoms with Gasteiger partial charge in [-0.2, -0.15) is 4.31 Å². The highest BCUT2D eigenvalue weighted by Crippen LogP contribution is 2.24. The molecule has 1 atom stereocenters. The van der Waals surface area contributed by atoms with E-state index >= 15 is 0 Å². The Balaban J connectivity index is 2.17. The van der Waals surface area contributed by atoms with Gasteiger partial charge in [0.25, 0.3) is 5.91 Å². The molecule has 0 aromatic heterocycles. The molecule has 1 amide bonds. The average molecular weight is 339 g/mol. The van der Waals surface area contributed by atoms with Gasteiger partial charge in [-0.1, -0.05) is 0 Å². The minimum absolute atomic E-state index is 0.0803. The molecule has 1 saturated heterocycles. The zero-order valence-electron chi connectivity index (χ0n) is 13.7. The van der Waals surface area contributed by atoms with Gasteiger partial charge in [-0.15, -0.1) is 0 Å². The Kier molecular flexibility index (Phi) is 5.78. The lowest BCUT2D eigenvalue weighted by Crippen LogP contribution is -2.31. The van der Waals surface area contributed by atoms with E-state index in [1.54, 1.807) is 17.0 Å². The number of hydrogen-bond donors (Lipinski definition) is 1. The quantitative estimate of drug-likeness (QED) is 0.842. The molecule has 0 aliphatic carbocycles. The maximum atomic E-state index is 12.6. The van der Waals surface area contributed by atoms with Crippen molar-refractivity contribution < 1.29 is 13.2 Å². The number of sulfonamides is 1. The van der Waals surface area contributed by atoms with Gasteiger partial charge >= 0.3 is 0 Å². The maximum Gasteiger partial charge on any atom is 0.253 e. The molecule has 1 aliphatic rings. The molecule has 23 heavy (non-hydrogen) atoms. The van der Waals surface area contributed by atoms with Gasteiger partial charge in [-0.05, 0) is 57.0 Å². The van der Waals surface area contributed by atoms with Crippen LogP contribution in [0.25, 0.3) is 0 Å². The van der Waals surface area contributed by atoms with E-state index in [9.17, 15) is 13.2 Å². The summed E-state index contributed by atoms with van der Waals surface area (Å²) in [5.74, 6) is 0.150. The van der Waals surface area contributed by atoms with E-state index in [1.807, 2.05) is 13.8 Å². The largest absolute Gasteiger partial charge is 0.339 e. The molecule has 1 aromatic rings. The molecule has 6 nitrogen and oxygen atoms in total. The van der Waals surface area contributed by atoms with E-state index in [-0.39, 0.29) is 16.7 Å². The Morgan fingerprint density at radius 2 is 1.87 bits per heavy atom. The Hall–Kier alpha value is -1.44. The molecule has 7 heteroatoms. The van der Waals surface area contributed by atoms with Crippen LogP contribution in [0.15, 0.2) is 29.2 Å². The van der Waals surface area contributed by atoms with Gasteiger partial charge in [0.15, 0.2) is 0 Å². The molecule has 1 heterocycles. The van der Waals surface area contributed by atoms with Gasteiger partial charge < -0.3 is 10.6 Å². The molecule has 1 aromatic carbocycles. The summed E-state index contributed by atoms with van der Waals surface area (Å²) in [6.07, 6.45) is 0.800. The predicted molar refractivity (Wildman–Crippen MR) is 89.6 cm³/mol. The van der Waals surface area contributed by atoms with Crippen molar-refractivity contribution in [3.05, 3.63) is 29.8 Å². The van der Waals surface area contributed by atoms with Crippen LogP contribution in [0.2, 0.25) is 0 Å². The van der Waals surface area contributed by atoms with Crippen molar-refractivity contribution in [2.75, 3.05) is 32.7 Å². The first-order valence-electron chi connectivity index (χ1n) is 8.03. The summed E-state index contributed by atoms with van der Waals surface area (Å²) in [5, 5.41) is 0. The molecule has 0 radical (unpaired) electrons. The summed E-state index contributed by atoms with van der Waals surface area (Å²) in [6, 6.07) is 6.21. The summed E-state index contributed by atoms with van der Waals surface area (Å²) in [6.45, 7) is 6.57. The fourth-order valence-electron chi connectivity index (χ4n) is 2.82. The van der Waals surface area contributed by atoms with E-state index in [0.29, 0.717) is 38.3 Å². The smallest absolute Gasteiger partial charge is 0.253 e. The Morgan fingerprint density at radius 1 is 1.26 bits per heavy atom. The summed E-state index contributed by atoms with van der Waals surface area (Å²) >= 11 is 0. The number of carbonyl (C=O) groups excluding carboxylic acids is 1. The molecule has 1 unspecified atom stereocenters. The third kappa shape index (κ3) is 3.73. The maximum absolute atomic E-state index is 12.6. The van der Waals surface area contributed by atoms with Crippen molar-refractivity contribution in [2.45, 2.75) is 25.2 Å². The van der Waals surface area contributed by atoms with Gasteiger partial charge in [0.2, 0.25) is 10.0 Å². The predicted octanol–water partition coefficient (Wildman–Crippen LogP) is 1.14. The van der Waals surface area contributed by atoms with Crippen molar-refractivity contribution in [3.8, 4) is 0 Å². The lowest BCUT2D eigenvalue weighted by Gasteiger charge is -2.19. The van der Waals surface area contributed by atoms with Crippen LogP contribution < -0.4 is 5.73 Å². The van der Waals surface area contributed by atoms with Gasteiger partial charge in [0, 0.05) is 31.7 Å². The topological polar surface area (TPSA) is 83.7 Å². The van der Waals surface area contributed by atoms with Crippen molar-refractivity contribution in [1.82, 2.24) is 9.21 Å². The fraction of sp³-hybridized carbons (Fsp3) is 0.562. The van der Waals surface area contributed by atoms with E-state index < -0.39 is 10.0 Å². The van der Waals surface area contributed by atoms with Crippen molar-refractivity contribution in [1.29, 1.82) is 0 Å². The van der Waals surface area contributed by atoms with Gasteiger partial charge in [0.1, 0.15) is 0 Å². The first kappa shape index (κ1) is 17.9. The van der Waals surface area contributed by atoms with Gasteiger partial charge in [0.05, 0.1) is 4.90 Å². The molecule has 0 bridgehead atoms. The second-order valence-electron chi connectivity index (χ2n) is 5.76. The second-order valence-corrected chi connectivity index (χ2v) is 7.69. The Labute approximate surface area is 138 Å². The normalized spacial score (nSPS) is 19.0.